The van der Waals surface area contributed by atoms with Crippen molar-refractivity contribution in [3.05, 3.63) is 45.5 Å². The van der Waals surface area contributed by atoms with Crippen molar-refractivity contribution >= 4 is 6.29 Å². The maximum atomic E-state index is 13.0. The van der Waals surface area contributed by atoms with Gasteiger partial charge in [-0.15, -0.1) is 0 Å². The molecule has 0 unspecified atom stereocenters. The number of nitrogens with zero attached hydrogens (tertiary/aromatic N) is 1. The molecule has 4 nitrogen and oxygen atoms in total. The number of benzene rings is 1. The van der Waals surface area contributed by atoms with Crippen molar-refractivity contribution < 1.29 is 22.9 Å². The molecule has 0 heterocycles. The maximum Gasteiger partial charge on any atom is 0.416 e. The van der Waals surface area contributed by atoms with Crippen LogP contribution in [0.2, 0.25) is 0 Å². The van der Waals surface area contributed by atoms with Gasteiger partial charge < -0.3 is 4.79 Å². The molecule has 0 aromatic heterocycles. The first kappa shape index (κ1) is 17.1. The summed E-state index contributed by atoms with van der Waals surface area (Å²) in [7, 11) is 0. The van der Waals surface area contributed by atoms with E-state index in [-0.39, 0.29) is 5.56 Å². The van der Waals surface area contributed by atoms with E-state index in [9.17, 15) is 28.1 Å². The average Bonchev–Trinajstić information content (AvgIpc) is 2.41. The van der Waals surface area contributed by atoms with Crippen LogP contribution < -0.4 is 0 Å². The summed E-state index contributed by atoms with van der Waals surface area (Å²) < 4.78 is 39.1. The second kappa shape index (κ2) is 7.19. The van der Waals surface area contributed by atoms with Crippen LogP contribution in [0, 0.1) is 16.0 Å². The molecule has 0 spiro atoms. The van der Waals surface area contributed by atoms with Crippen molar-refractivity contribution in [1.29, 1.82) is 0 Å². The average molecular weight is 303 g/mol. The fraction of sp³-hybridized carbons (Fsp3) is 0.500. The van der Waals surface area contributed by atoms with Crippen LogP contribution in [0.1, 0.15) is 36.8 Å². The highest BCUT2D eigenvalue weighted by Gasteiger charge is 2.38. The molecule has 0 amide bonds. The second-order valence-corrected chi connectivity index (χ2v) is 4.80. The van der Waals surface area contributed by atoms with Gasteiger partial charge in [-0.2, -0.15) is 13.2 Å². The summed E-state index contributed by atoms with van der Waals surface area (Å²) in [5.74, 6) is -1.88. The Balaban J connectivity index is 3.32. The van der Waals surface area contributed by atoms with Crippen LogP contribution in [0.4, 0.5) is 13.2 Å². The Morgan fingerprint density at radius 1 is 1.33 bits per heavy atom. The van der Waals surface area contributed by atoms with Gasteiger partial charge in [0.2, 0.25) is 6.54 Å². The molecule has 2 atom stereocenters. The van der Waals surface area contributed by atoms with Crippen molar-refractivity contribution in [2.24, 2.45) is 5.92 Å². The molecule has 0 aliphatic carbocycles. The van der Waals surface area contributed by atoms with Gasteiger partial charge in [0.15, 0.2) is 0 Å². The Bertz CT molecular complexity index is 502. The molecule has 0 aliphatic rings. The molecular formula is C14H16F3NO3. The highest BCUT2D eigenvalue weighted by molar-refractivity contribution is 5.56. The van der Waals surface area contributed by atoms with Crippen molar-refractivity contribution in [2.75, 3.05) is 6.54 Å². The van der Waals surface area contributed by atoms with Crippen molar-refractivity contribution in [3.8, 4) is 0 Å². The molecule has 1 rings (SSSR count). The number of nitro groups is 1. The molecule has 0 fully saturated rings. The van der Waals surface area contributed by atoms with Gasteiger partial charge in [0, 0.05) is 10.8 Å². The Morgan fingerprint density at radius 3 is 2.43 bits per heavy atom. The van der Waals surface area contributed by atoms with Crippen molar-refractivity contribution in [2.45, 2.75) is 31.9 Å². The Labute approximate surface area is 120 Å². The minimum atomic E-state index is -4.61. The monoisotopic (exact) mass is 303 g/mol. The van der Waals surface area contributed by atoms with Gasteiger partial charge in [-0.25, -0.2) is 0 Å². The smallest absolute Gasteiger partial charge is 0.303 e. The largest absolute Gasteiger partial charge is 0.416 e. The third kappa shape index (κ3) is 4.54. The summed E-state index contributed by atoms with van der Waals surface area (Å²) in [5.41, 5.74) is -1.10. The van der Waals surface area contributed by atoms with Crippen LogP contribution >= 0.6 is 0 Å². The maximum absolute atomic E-state index is 13.0. The van der Waals surface area contributed by atoms with Crippen LogP contribution in [0.5, 0.6) is 0 Å². The Kier molecular flexibility index (Phi) is 5.87. The van der Waals surface area contributed by atoms with Gasteiger partial charge in [-0.1, -0.05) is 31.5 Å². The molecule has 0 aliphatic heterocycles. The van der Waals surface area contributed by atoms with Gasteiger partial charge in [-0.3, -0.25) is 10.1 Å². The van der Waals surface area contributed by atoms with E-state index >= 15 is 0 Å². The summed E-state index contributed by atoms with van der Waals surface area (Å²) >= 11 is 0. The Morgan fingerprint density at radius 2 is 1.95 bits per heavy atom. The molecular weight excluding hydrogens is 287 g/mol. The minimum Gasteiger partial charge on any atom is -0.303 e. The van der Waals surface area contributed by atoms with Gasteiger partial charge in [0.25, 0.3) is 0 Å². The summed E-state index contributed by atoms with van der Waals surface area (Å²) in [5, 5.41) is 10.8. The van der Waals surface area contributed by atoms with E-state index < -0.39 is 35.0 Å². The molecule has 1 aromatic rings. The summed E-state index contributed by atoms with van der Waals surface area (Å²) in [6, 6.07) is 4.72. The number of carbonyl (C=O) groups excluding carboxylic acids is 1. The SMILES string of the molecule is CCC[C@H](C=O)[C@@H](C[N+](=O)[O-])c1ccccc1C(F)(F)F. The van der Waals surface area contributed by atoms with Crippen LogP contribution in [0.3, 0.4) is 0 Å². The number of halogens is 3. The van der Waals surface area contributed by atoms with E-state index in [4.69, 9.17) is 0 Å². The lowest BCUT2D eigenvalue weighted by atomic mass is 9.82. The topological polar surface area (TPSA) is 60.2 Å². The lowest BCUT2D eigenvalue weighted by Gasteiger charge is -2.23. The first-order valence-electron chi connectivity index (χ1n) is 6.54. The van der Waals surface area contributed by atoms with Crippen LogP contribution in [-0.4, -0.2) is 17.8 Å². The quantitative estimate of drug-likeness (QED) is 0.438. The summed E-state index contributed by atoms with van der Waals surface area (Å²) in [4.78, 5) is 21.2. The molecule has 0 saturated carbocycles. The van der Waals surface area contributed by atoms with E-state index in [0.29, 0.717) is 19.1 Å². The van der Waals surface area contributed by atoms with E-state index in [1.807, 2.05) is 0 Å². The predicted octanol–water partition coefficient (Wildman–Crippen LogP) is 3.68. The molecule has 21 heavy (non-hydrogen) atoms. The zero-order valence-electron chi connectivity index (χ0n) is 11.5. The molecule has 116 valence electrons. The lowest BCUT2D eigenvalue weighted by Crippen LogP contribution is -2.25. The van der Waals surface area contributed by atoms with Gasteiger partial charge in [-0.05, 0) is 18.1 Å². The minimum absolute atomic E-state index is 0.188. The third-order valence-electron chi connectivity index (χ3n) is 3.33. The normalized spacial score (nSPS) is 14.5. The fourth-order valence-corrected chi connectivity index (χ4v) is 2.40. The molecule has 7 heteroatoms. The molecule has 0 radical (unpaired) electrons. The van der Waals surface area contributed by atoms with Gasteiger partial charge >= 0.3 is 6.18 Å². The highest BCUT2D eigenvalue weighted by atomic mass is 19.4. The van der Waals surface area contributed by atoms with Gasteiger partial charge in [0.1, 0.15) is 6.29 Å². The number of hydrogen-bond acceptors (Lipinski definition) is 3. The summed E-state index contributed by atoms with van der Waals surface area (Å²) in [6.45, 7) is 1.08. The first-order valence-corrected chi connectivity index (χ1v) is 6.54. The molecule has 0 saturated heterocycles. The standard InChI is InChI=1S/C14H16F3NO3/c1-2-5-10(9-19)12(8-18(20)21)11-6-3-4-7-13(11)14(15,16)17/h3-4,6-7,9-10,12H,2,5,8H2,1H3/t10-,12-/m1/s1. The molecule has 0 bridgehead atoms. The number of rotatable bonds is 7. The predicted molar refractivity (Wildman–Crippen MR) is 70.5 cm³/mol. The van der Waals surface area contributed by atoms with Crippen LogP contribution in [-0.2, 0) is 11.0 Å². The lowest BCUT2D eigenvalue weighted by molar-refractivity contribution is -0.484. The van der Waals surface area contributed by atoms with Crippen molar-refractivity contribution in [1.82, 2.24) is 0 Å². The summed E-state index contributed by atoms with van der Waals surface area (Å²) in [6.07, 6.45) is -3.21. The zero-order valence-corrected chi connectivity index (χ0v) is 11.5. The molecule has 0 N–H and O–H groups in total. The van der Waals surface area contributed by atoms with Crippen LogP contribution in [0.15, 0.2) is 24.3 Å². The number of hydrogen-bond donors (Lipinski definition) is 0. The molecule has 1 aromatic carbocycles. The van der Waals surface area contributed by atoms with E-state index in [2.05, 4.69) is 0 Å². The third-order valence-corrected chi connectivity index (χ3v) is 3.33. The van der Waals surface area contributed by atoms with E-state index in [0.717, 1.165) is 6.07 Å². The van der Waals surface area contributed by atoms with E-state index in [1.165, 1.54) is 18.2 Å². The Hall–Kier alpha value is -1.92. The van der Waals surface area contributed by atoms with Crippen LogP contribution in [0.25, 0.3) is 0 Å². The number of carbonyl (C=O) groups is 1. The van der Waals surface area contributed by atoms with E-state index in [1.54, 1.807) is 6.92 Å². The van der Waals surface area contributed by atoms with Gasteiger partial charge in [0.05, 0.1) is 11.5 Å². The van der Waals surface area contributed by atoms with Crippen molar-refractivity contribution in [3.63, 3.8) is 0 Å². The number of alkyl halides is 3. The number of aldehydes is 1. The second-order valence-electron chi connectivity index (χ2n) is 4.80. The zero-order chi connectivity index (χ0) is 16.0. The highest BCUT2D eigenvalue weighted by Crippen LogP contribution is 2.38. The fourth-order valence-electron chi connectivity index (χ4n) is 2.40. The first-order chi connectivity index (χ1) is 9.81.